The molecule has 0 atom stereocenters. The zero-order valence-electron chi connectivity index (χ0n) is 14.1. The number of benzene rings is 1. The van der Waals surface area contributed by atoms with E-state index in [-0.39, 0.29) is 5.91 Å². The van der Waals surface area contributed by atoms with Crippen molar-refractivity contribution in [2.45, 2.75) is 20.3 Å². The number of rotatable bonds is 6. The summed E-state index contributed by atoms with van der Waals surface area (Å²) in [6.45, 7) is 4.08. The molecule has 1 aromatic carbocycles. The third-order valence-electron chi connectivity index (χ3n) is 3.50. The fraction of sp³-hybridized carbons (Fsp3) is 0.222. The molecular weight excluding hydrogens is 318 g/mol. The standard InChI is InChI=1S/C18H19N5O2/c1-12-10-17(23-25-12)22-16-11-15(20-13(2)21-16)18(24)19-9-8-14-6-4-3-5-7-14/h3-7,10-11H,8-9H2,1-2H3,(H,19,24)(H,20,21,22,23). The van der Waals surface area contributed by atoms with Gasteiger partial charge in [0.05, 0.1) is 0 Å². The maximum Gasteiger partial charge on any atom is 0.270 e. The Kier molecular flexibility index (Phi) is 5.03. The van der Waals surface area contributed by atoms with Gasteiger partial charge in [-0.2, -0.15) is 0 Å². The van der Waals surface area contributed by atoms with Gasteiger partial charge in [0.25, 0.3) is 5.91 Å². The first-order chi connectivity index (χ1) is 12.1. The van der Waals surface area contributed by atoms with E-state index < -0.39 is 0 Å². The molecule has 1 amide bonds. The van der Waals surface area contributed by atoms with Crippen LogP contribution in [-0.4, -0.2) is 27.6 Å². The van der Waals surface area contributed by atoms with Crippen molar-refractivity contribution in [3.63, 3.8) is 0 Å². The van der Waals surface area contributed by atoms with Gasteiger partial charge in [-0.15, -0.1) is 0 Å². The molecule has 0 fully saturated rings. The number of nitrogens with one attached hydrogen (secondary N) is 2. The van der Waals surface area contributed by atoms with E-state index in [0.717, 1.165) is 6.42 Å². The lowest BCUT2D eigenvalue weighted by Crippen LogP contribution is -2.27. The topological polar surface area (TPSA) is 92.9 Å². The lowest BCUT2D eigenvalue weighted by atomic mass is 10.1. The van der Waals surface area contributed by atoms with Gasteiger partial charge < -0.3 is 15.2 Å². The van der Waals surface area contributed by atoms with E-state index in [9.17, 15) is 4.79 Å². The van der Waals surface area contributed by atoms with Crippen molar-refractivity contribution in [3.8, 4) is 0 Å². The molecule has 0 aliphatic heterocycles. The van der Waals surface area contributed by atoms with Crippen LogP contribution >= 0.6 is 0 Å². The zero-order valence-corrected chi connectivity index (χ0v) is 14.1. The number of amides is 1. The van der Waals surface area contributed by atoms with Crippen molar-refractivity contribution < 1.29 is 9.32 Å². The maximum atomic E-state index is 12.3. The summed E-state index contributed by atoms with van der Waals surface area (Å²) in [5.41, 5.74) is 1.48. The minimum atomic E-state index is -0.235. The van der Waals surface area contributed by atoms with Crippen LogP contribution < -0.4 is 10.6 Å². The molecule has 0 aliphatic rings. The molecule has 2 aromatic heterocycles. The van der Waals surface area contributed by atoms with Gasteiger partial charge in [-0.3, -0.25) is 4.79 Å². The Morgan fingerprint density at radius 3 is 2.60 bits per heavy atom. The van der Waals surface area contributed by atoms with Gasteiger partial charge in [-0.25, -0.2) is 9.97 Å². The third-order valence-corrected chi connectivity index (χ3v) is 3.50. The molecule has 0 aliphatic carbocycles. The van der Waals surface area contributed by atoms with Crippen LogP contribution in [-0.2, 0) is 6.42 Å². The minimum absolute atomic E-state index is 0.235. The van der Waals surface area contributed by atoms with Crippen LogP contribution in [0, 0.1) is 13.8 Å². The zero-order chi connectivity index (χ0) is 17.6. The van der Waals surface area contributed by atoms with Crippen LogP contribution in [0.25, 0.3) is 0 Å². The van der Waals surface area contributed by atoms with Crippen molar-refractivity contribution in [2.24, 2.45) is 0 Å². The number of anilines is 2. The largest absolute Gasteiger partial charge is 0.360 e. The van der Waals surface area contributed by atoms with E-state index in [4.69, 9.17) is 4.52 Å². The number of aromatic nitrogens is 3. The number of hydrogen-bond acceptors (Lipinski definition) is 6. The first-order valence-corrected chi connectivity index (χ1v) is 7.98. The highest BCUT2D eigenvalue weighted by molar-refractivity contribution is 5.93. The van der Waals surface area contributed by atoms with E-state index in [2.05, 4.69) is 25.8 Å². The maximum absolute atomic E-state index is 12.3. The summed E-state index contributed by atoms with van der Waals surface area (Å²) >= 11 is 0. The molecule has 0 spiro atoms. The highest BCUT2D eigenvalue weighted by Gasteiger charge is 2.11. The average molecular weight is 337 g/mol. The minimum Gasteiger partial charge on any atom is -0.360 e. The summed E-state index contributed by atoms with van der Waals surface area (Å²) in [7, 11) is 0. The van der Waals surface area contributed by atoms with Gasteiger partial charge in [0, 0.05) is 18.7 Å². The molecule has 0 radical (unpaired) electrons. The molecule has 2 N–H and O–H groups in total. The summed E-state index contributed by atoms with van der Waals surface area (Å²) in [5, 5.41) is 9.74. The fourth-order valence-corrected chi connectivity index (χ4v) is 2.36. The quantitative estimate of drug-likeness (QED) is 0.718. The third kappa shape index (κ3) is 4.63. The summed E-state index contributed by atoms with van der Waals surface area (Å²) in [6, 6.07) is 13.3. The van der Waals surface area contributed by atoms with Gasteiger partial charge in [-0.1, -0.05) is 35.5 Å². The smallest absolute Gasteiger partial charge is 0.270 e. The summed E-state index contributed by atoms with van der Waals surface area (Å²) < 4.78 is 5.00. The van der Waals surface area contributed by atoms with Crippen molar-refractivity contribution in [1.29, 1.82) is 0 Å². The summed E-state index contributed by atoms with van der Waals surface area (Å²) in [5.74, 6) is 1.98. The average Bonchev–Trinajstić information content (AvgIpc) is 3.00. The highest BCUT2D eigenvalue weighted by Crippen LogP contribution is 2.15. The first kappa shape index (κ1) is 16.6. The van der Waals surface area contributed by atoms with E-state index in [1.165, 1.54) is 5.56 Å². The van der Waals surface area contributed by atoms with Gasteiger partial charge in [0.1, 0.15) is 23.1 Å². The second-order valence-corrected chi connectivity index (χ2v) is 5.62. The normalized spacial score (nSPS) is 10.5. The van der Waals surface area contributed by atoms with E-state index in [1.54, 1.807) is 26.0 Å². The van der Waals surface area contributed by atoms with Crippen LogP contribution in [0.5, 0.6) is 0 Å². The molecule has 7 heteroatoms. The SMILES string of the molecule is Cc1nc(Nc2cc(C)on2)cc(C(=O)NCCc2ccccc2)n1. The van der Waals surface area contributed by atoms with Gasteiger partial charge in [-0.05, 0) is 25.8 Å². The number of hydrogen-bond donors (Lipinski definition) is 2. The number of nitrogens with zero attached hydrogens (tertiary/aromatic N) is 3. The van der Waals surface area contributed by atoms with Crippen LogP contribution in [0.15, 0.2) is 47.0 Å². The number of carbonyl (C=O) groups excluding carboxylic acids is 1. The Labute approximate surface area is 145 Å². The van der Waals surface area contributed by atoms with Gasteiger partial charge in [0.15, 0.2) is 5.82 Å². The molecule has 3 aromatic rings. The van der Waals surface area contributed by atoms with Crippen molar-refractivity contribution >= 4 is 17.5 Å². The molecule has 0 bridgehead atoms. The molecule has 3 rings (SSSR count). The van der Waals surface area contributed by atoms with Crippen molar-refractivity contribution in [1.82, 2.24) is 20.4 Å². The Hall–Kier alpha value is -3.22. The number of carbonyl (C=O) groups is 1. The molecule has 25 heavy (non-hydrogen) atoms. The Morgan fingerprint density at radius 1 is 1.08 bits per heavy atom. The molecular formula is C18H19N5O2. The van der Waals surface area contributed by atoms with Crippen molar-refractivity contribution in [3.05, 3.63) is 65.3 Å². The molecule has 0 saturated carbocycles. The predicted molar refractivity (Wildman–Crippen MR) is 93.8 cm³/mol. The van der Waals surface area contributed by atoms with Gasteiger partial charge >= 0.3 is 0 Å². The number of aryl methyl sites for hydroxylation is 2. The lowest BCUT2D eigenvalue weighted by molar-refractivity contribution is 0.0949. The van der Waals surface area contributed by atoms with Crippen LogP contribution in [0.4, 0.5) is 11.6 Å². The monoisotopic (exact) mass is 337 g/mol. The molecule has 128 valence electrons. The second kappa shape index (κ2) is 7.57. The Balaban J connectivity index is 1.63. The Bertz CT molecular complexity index is 861. The molecule has 0 saturated heterocycles. The van der Waals surface area contributed by atoms with Crippen LogP contribution in [0.1, 0.15) is 27.6 Å². The van der Waals surface area contributed by atoms with E-state index in [1.807, 2.05) is 30.3 Å². The predicted octanol–water partition coefficient (Wildman–Crippen LogP) is 2.80. The summed E-state index contributed by atoms with van der Waals surface area (Å²) in [6.07, 6.45) is 0.764. The van der Waals surface area contributed by atoms with Crippen LogP contribution in [0.3, 0.4) is 0 Å². The van der Waals surface area contributed by atoms with Crippen LogP contribution in [0.2, 0.25) is 0 Å². The molecule has 0 unspecified atom stereocenters. The second-order valence-electron chi connectivity index (χ2n) is 5.62. The van der Waals surface area contributed by atoms with E-state index in [0.29, 0.717) is 35.5 Å². The Morgan fingerprint density at radius 2 is 1.88 bits per heavy atom. The van der Waals surface area contributed by atoms with Gasteiger partial charge in [0.2, 0.25) is 0 Å². The van der Waals surface area contributed by atoms with Crippen molar-refractivity contribution in [2.75, 3.05) is 11.9 Å². The lowest BCUT2D eigenvalue weighted by Gasteiger charge is -2.08. The van der Waals surface area contributed by atoms with E-state index >= 15 is 0 Å². The first-order valence-electron chi connectivity index (χ1n) is 7.98. The molecule has 2 heterocycles. The summed E-state index contributed by atoms with van der Waals surface area (Å²) in [4.78, 5) is 20.8. The highest BCUT2D eigenvalue weighted by atomic mass is 16.5. The molecule has 7 nitrogen and oxygen atoms in total. The fourth-order valence-electron chi connectivity index (χ4n) is 2.36.